The predicted octanol–water partition coefficient (Wildman–Crippen LogP) is 1.69. The summed E-state index contributed by atoms with van der Waals surface area (Å²) in [6, 6.07) is 7.87. The highest BCUT2D eigenvalue weighted by atomic mass is 16.5. The quantitative estimate of drug-likeness (QED) is 0.917. The zero-order valence-electron chi connectivity index (χ0n) is 12.8. The third-order valence-electron chi connectivity index (χ3n) is 4.42. The summed E-state index contributed by atoms with van der Waals surface area (Å²) in [5.41, 5.74) is 0.992. The number of ether oxygens (including phenoxy) is 1. The van der Waals surface area contributed by atoms with Crippen LogP contribution >= 0.6 is 0 Å². The molecule has 114 valence electrons. The van der Waals surface area contributed by atoms with E-state index in [4.69, 9.17) is 4.74 Å². The molecule has 3 rings (SSSR count). The second-order valence-electron chi connectivity index (χ2n) is 6.43. The lowest BCUT2D eigenvalue weighted by Crippen LogP contribution is -2.33. The lowest BCUT2D eigenvalue weighted by molar-refractivity contribution is -0.129. The standard InChI is InChI=1S/C17H24N2O2/c1-12(2)21-16-6-4-3-5-13(16)7-17(20)19-10-14-8-18-9-15(14)11-19/h3-6,12,14-15,18H,7-11H2,1-2H3/t14-,15+. The molecule has 2 atom stereocenters. The molecule has 0 unspecified atom stereocenters. The first-order chi connectivity index (χ1) is 10.1. The van der Waals surface area contributed by atoms with E-state index in [1.807, 2.05) is 43.0 Å². The van der Waals surface area contributed by atoms with Gasteiger partial charge in [0.2, 0.25) is 5.91 Å². The highest BCUT2D eigenvalue weighted by Crippen LogP contribution is 2.27. The van der Waals surface area contributed by atoms with Crippen LogP contribution in [0.4, 0.5) is 0 Å². The first kappa shape index (κ1) is 14.4. The molecule has 0 bridgehead atoms. The Hall–Kier alpha value is -1.55. The van der Waals surface area contributed by atoms with E-state index in [0.717, 1.165) is 37.5 Å². The predicted molar refractivity (Wildman–Crippen MR) is 82.3 cm³/mol. The molecule has 2 aliphatic rings. The molecule has 2 heterocycles. The van der Waals surface area contributed by atoms with Crippen molar-refractivity contribution >= 4 is 5.91 Å². The van der Waals surface area contributed by atoms with Crippen LogP contribution in [0.5, 0.6) is 5.75 Å². The lowest BCUT2D eigenvalue weighted by Gasteiger charge is -2.19. The normalized spacial score (nSPS) is 24.4. The van der Waals surface area contributed by atoms with Gasteiger partial charge in [-0.05, 0) is 31.7 Å². The third-order valence-corrected chi connectivity index (χ3v) is 4.42. The zero-order chi connectivity index (χ0) is 14.8. The summed E-state index contributed by atoms with van der Waals surface area (Å²) in [6.07, 6.45) is 0.564. The molecule has 4 nitrogen and oxygen atoms in total. The molecule has 2 fully saturated rings. The van der Waals surface area contributed by atoms with Gasteiger partial charge < -0.3 is 15.0 Å². The molecule has 1 amide bonds. The largest absolute Gasteiger partial charge is 0.491 e. The van der Waals surface area contributed by atoms with Crippen LogP contribution in [0.15, 0.2) is 24.3 Å². The fraction of sp³-hybridized carbons (Fsp3) is 0.588. The van der Waals surface area contributed by atoms with Crippen molar-refractivity contribution in [3.63, 3.8) is 0 Å². The van der Waals surface area contributed by atoms with Gasteiger partial charge in [-0.25, -0.2) is 0 Å². The first-order valence-corrected chi connectivity index (χ1v) is 7.86. The minimum absolute atomic E-state index is 0.124. The highest BCUT2D eigenvalue weighted by Gasteiger charge is 2.37. The van der Waals surface area contributed by atoms with Crippen LogP contribution in [-0.4, -0.2) is 43.1 Å². The van der Waals surface area contributed by atoms with Gasteiger partial charge in [0.1, 0.15) is 5.75 Å². The molecule has 1 aromatic carbocycles. The van der Waals surface area contributed by atoms with Crippen LogP contribution in [-0.2, 0) is 11.2 Å². The maximum absolute atomic E-state index is 12.5. The number of nitrogens with zero attached hydrogens (tertiary/aromatic N) is 1. The molecule has 4 heteroatoms. The van der Waals surface area contributed by atoms with Gasteiger partial charge in [-0.1, -0.05) is 18.2 Å². The SMILES string of the molecule is CC(C)Oc1ccccc1CC(=O)N1C[C@H]2CNC[C@H]2C1. The van der Waals surface area contributed by atoms with Crippen LogP contribution in [0.3, 0.4) is 0 Å². The topological polar surface area (TPSA) is 41.6 Å². The minimum atomic E-state index is 0.124. The number of amides is 1. The van der Waals surface area contributed by atoms with Gasteiger partial charge in [-0.15, -0.1) is 0 Å². The highest BCUT2D eigenvalue weighted by molar-refractivity contribution is 5.79. The Kier molecular flexibility index (Phi) is 4.15. The minimum Gasteiger partial charge on any atom is -0.491 e. The number of benzene rings is 1. The van der Waals surface area contributed by atoms with Gasteiger partial charge in [0, 0.05) is 31.7 Å². The van der Waals surface area contributed by atoms with E-state index in [0.29, 0.717) is 18.3 Å². The van der Waals surface area contributed by atoms with E-state index >= 15 is 0 Å². The van der Waals surface area contributed by atoms with Crippen LogP contribution < -0.4 is 10.1 Å². The van der Waals surface area contributed by atoms with E-state index in [2.05, 4.69) is 5.32 Å². The average Bonchev–Trinajstić information content (AvgIpc) is 3.01. The molecule has 0 saturated carbocycles. The van der Waals surface area contributed by atoms with Crippen molar-refractivity contribution in [1.82, 2.24) is 10.2 Å². The number of para-hydroxylation sites is 1. The summed E-state index contributed by atoms with van der Waals surface area (Å²) in [5.74, 6) is 2.36. The van der Waals surface area contributed by atoms with Crippen molar-refractivity contribution in [3.8, 4) is 5.75 Å². The van der Waals surface area contributed by atoms with Crippen LogP contribution in [0, 0.1) is 11.8 Å². The van der Waals surface area contributed by atoms with Crippen LogP contribution in [0.25, 0.3) is 0 Å². The smallest absolute Gasteiger partial charge is 0.227 e. The molecule has 2 saturated heterocycles. The molecular formula is C17H24N2O2. The monoisotopic (exact) mass is 288 g/mol. The van der Waals surface area contributed by atoms with Crippen molar-refractivity contribution in [2.24, 2.45) is 11.8 Å². The molecular weight excluding hydrogens is 264 g/mol. The van der Waals surface area contributed by atoms with E-state index < -0.39 is 0 Å². The second-order valence-corrected chi connectivity index (χ2v) is 6.43. The zero-order valence-corrected chi connectivity index (χ0v) is 12.8. The molecule has 0 aliphatic carbocycles. The number of fused-ring (bicyclic) bond motifs is 1. The first-order valence-electron chi connectivity index (χ1n) is 7.86. The number of carbonyl (C=O) groups is 1. The number of nitrogens with one attached hydrogen (secondary N) is 1. The number of rotatable bonds is 4. The Bertz CT molecular complexity index is 503. The van der Waals surface area contributed by atoms with Crippen molar-refractivity contribution < 1.29 is 9.53 Å². The number of carbonyl (C=O) groups excluding carboxylic acids is 1. The Balaban J connectivity index is 1.65. The second kappa shape index (κ2) is 6.06. The third kappa shape index (κ3) is 3.21. The fourth-order valence-electron chi connectivity index (χ4n) is 3.35. The molecule has 0 aromatic heterocycles. The summed E-state index contributed by atoms with van der Waals surface area (Å²) < 4.78 is 5.80. The molecule has 1 N–H and O–H groups in total. The van der Waals surface area contributed by atoms with E-state index in [1.54, 1.807) is 0 Å². The average molecular weight is 288 g/mol. The van der Waals surface area contributed by atoms with Crippen molar-refractivity contribution in [1.29, 1.82) is 0 Å². The van der Waals surface area contributed by atoms with Crippen molar-refractivity contribution in [2.75, 3.05) is 26.2 Å². The Morgan fingerprint density at radius 2 is 1.95 bits per heavy atom. The van der Waals surface area contributed by atoms with Crippen LogP contribution in [0.2, 0.25) is 0 Å². The summed E-state index contributed by atoms with van der Waals surface area (Å²) in [6.45, 7) is 7.94. The number of likely N-dealkylation sites (tertiary alicyclic amines) is 1. The summed E-state index contributed by atoms with van der Waals surface area (Å²) >= 11 is 0. The number of hydrogen-bond donors (Lipinski definition) is 1. The number of hydrogen-bond acceptors (Lipinski definition) is 3. The Morgan fingerprint density at radius 3 is 2.62 bits per heavy atom. The van der Waals surface area contributed by atoms with Crippen molar-refractivity contribution in [2.45, 2.75) is 26.4 Å². The summed E-state index contributed by atoms with van der Waals surface area (Å²) in [4.78, 5) is 14.6. The van der Waals surface area contributed by atoms with Gasteiger partial charge in [0.05, 0.1) is 12.5 Å². The fourth-order valence-corrected chi connectivity index (χ4v) is 3.35. The molecule has 2 aliphatic heterocycles. The summed E-state index contributed by atoms with van der Waals surface area (Å²) in [7, 11) is 0. The Labute approximate surface area is 126 Å². The van der Waals surface area contributed by atoms with Gasteiger partial charge >= 0.3 is 0 Å². The van der Waals surface area contributed by atoms with Crippen LogP contribution in [0.1, 0.15) is 19.4 Å². The maximum atomic E-state index is 12.5. The van der Waals surface area contributed by atoms with E-state index in [1.165, 1.54) is 0 Å². The lowest BCUT2D eigenvalue weighted by atomic mass is 10.0. The molecule has 21 heavy (non-hydrogen) atoms. The maximum Gasteiger partial charge on any atom is 0.227 e. The molecule has 0 radical (unpaired) electrons. The Morgan fingerprint density at radius 1 is 1.29 bits per heavy atom. The van der Waals surface area contributed by atoms with E-state index in [9.17, 15) is 4.79 Å². The van der Waals surface area contributed by atoms with Gasteiger partial charge in [0.15, 0.2) is 0 Å². The van der Waals surface area contributed by atoms with Gasteiger partial charge in [-0.2, -0.15) is 0 Å². The molecule has 0 spiro atoms. The van der Waals surface area contributed by atoms with Gasteiger partial charge in [-0.3, -0.25) is 4.79 Å². The van der Waals surface area contributed by atoms with Gasteiger partial charge in [0.25, 0.3) is 0 Å². The van der Waals surface area contributed by atoms with E-state index in [-0.39, 0.29) is 12.0 Å². The molecule has 1 aromatic rings. The van der Waals surface area contributed by atoms with Crippen molar-refractivity contribution in [3.05, 3.63) is 29.8 Å². The summed E-state index contributed by atoms with van der Waals surface area (Å²) in [5, 5.41) is 3.41.